The summed E-state index contributed by atoms with van der Waals surface area (Å²) in [5.74, 6) is 0.105. The Bertz CT molecular complexity index is 798. The number of alkyl halides is 3. The predicted octanol–water partition coefficient (Wildman–Crippen LogP) is 5.39. The number of hydrogen-bond acceptors (Lipinski definition) is 2. The molecule has 2 aromatic carbocycles. The van der Waals surface area contributed by atoms with Crippen LogP contribution < -0.4 is 10.1 Å². The highest BCUT2D eigenvalue weighted by Gasteiger charge is 2.33. The van der Waals surface area contributed by atoms with Crippen molar-refractivity contribution in [2.45, 2.75) is 39.3 Å². The van der Waals surface area contributed by atoms with Gasteiger partial charge in [-0.05, 0) is 47.2 Å². The van der Waals surface area contributed by atoms with Crippen molar-refractivity contribution in [2.24, 2.45) is 0 Å². The Hall–Kier alpha value is -2.50. The molecule has 0 aromatic heterocycles. The van der Waals surface area contributed by atoms with Crippen molar-refractivity contribution in [3.63, 3.8) is 0 Å². The third kappa shape index (κ3) is 4.77. The second kappa shape index (κ2) is 7.81. The van der Waals surface area contributed by atoms with E-state index in [1.165, 1.54) is 26.2 Å². The molecule has 2 rings (SSSR count). The van der Waals surface area contributed by atoms with Crippen LogP contribution in [0, 0.1) is 0 Å². The van der Waals surface area contributed by atoms with Crippen LogP contribution in [0.3, 0.4) is 0 Å². The number of hydrogen-bond donors (Lipinski definition) is 1. The fraction of sp³-hybridized carbons (Fsp3) is 0.350. The van der Waals surface area contributed by atoms with E-state index in [-0.39, 0.29) is 29.6 Å². The quantitative estimate of drug-likeness (QED) is 0.772. The fourth-order valence-corrected chi connectivity index (χ4v) is 2.82. The van der Waals surface area contributed by atoms with Crippen molar-refractivity contribution in [3.8, 4) is 5.75 Å². The smallest absolute Gasteiger partial charge is 0.416 e. The number of methoxy groups -OCH3 is 1. The minimum absolute atomic E-state index is 0.120. The molecule has 0 bridgehead atoms. The van der Waals surface area contributed by atoms with Gasteiger partial charge in [-0.15, -0.1) is 0 Å². The average molecular weight is 365 g/mol. The summed E-state index contributed by atoms with van der Waals surface area (Å²) in [6.07, 6.45) is -4.32. The predicted molar refractivity (Wildman–Crippen MR) is 95.6 cm³/mol. The van der Waals surface area contributed by atoms with E-state index in [0.717, 1.165) is 17.2 Å². The van der Waals surface area contributed by atoms with Crippen LogP contribution >= 0.6 is 0 Å². The average Bonchev–Trinajstić information content (AvgIpc) is 2.55. The Kier molecular flexibility index (Phi) is 5.95. The normalized spacial score (nSPS) is 11.5. The lowest BCUT2D eigenvalue weighted by Gasteiger charge is -2.17. The zero-order chi connectivity index (χ0) is 19.5. The Morgan fingerprint density at radius 1 is 1.15 bits per heavy atom. The van der Waals surface area contributed by atoms with Gasteiger partial charge in [0.1, 0.15) is 5.75 Å². The molecular weight excluding hydrogens is 343 g/mol. The second-order valence-electron chi connectivity index (χ2n) is 6.46. The van der Waals surface area contributed by atoms with Gasteiger partial charge in [-0.3, -0.25) is 4.79 Å². The first-order valence-electron chi connectivity index (χ1n) is 8.26. The highest BCUT2D eigenvalue weighted by molar-refractivity contribution is 5.89. The van der Waals surface area contributed by atoms with E-state index >= 15 is 0 Å². The molecule has 0 radical (unpaired) electrons. The van der Waals surface area contributed by atoms with E-state index in [1.54, 1.807) is 12.1 Å². The van der Waals surface area contributed by atoms with Gasteiger partial charge < -0.3 is 10.1 Å². The number of carbonyl (C=O) groups is 1. The molecule has 2 aromatic rings. The number of halogens is 3. The van der Waals surface area contributed by atoms with Crippen LogP contribution in [0.5, 0.6) is 5.75 Å². The molecule has 1 N–H and O–H groups in total. The van der Waals surface area contributed by atoms with Crippen LogP contribution in [0.4, 0.5) is 18.9 Å². The zero-order valence-electron chi connectivity index (χ0n) is 15.2. The summed E-state index contributed by atoms with van der Waals surface area (Å²) in [4.78, 5) is 11.3. The van der Waals surface area contributed by atoms with Gasteiger partial charge in [0, 0.05) is 12.6 Å². The summed E-state index contributed by atoms with van der Waals surface area (Å²) in [5.41, 5.74) is 1.80. The molecule has 1 amide bonds. The zero-order valence-corrected chi connectivity index (χ0v) is 15.2. The van der Waals surface area contributed by atoms with E-state index in [9.17, 15) is 18.0 Å². The molecule has 0 unspecified atom stereocenters. The van der Waals surface area contributed by atoms with Crippen LogP contribution in [-0.2, 0) is 17.4 Å². The number of rotatable bonds is 5. The van der Waals surface area contributed by atoms with E-state index in [1.807, 2.05) is 19.9 Å². The third-order valence-electron chi connectivity index (χ3n) is 4.07. The Labute approximate surface area is 151 Å². The topological polar surface area (TPSA) is 38.3 Å². The summed E-state index contributed by atoms with van der Waals surface area (Å²) in [6.45, 7) is 5.36. The van der Waals surface area contributed by atoms with E-state index in [2.05, 4.69) is 5.32 Å². The third-order valence-corrected chi connectivity index (χ3v) is 4.07. The lowest BCUT2D eigenvalue weighted by Crippen LogP contribution is -2.11. The number of amides is 1. The summed E-state index contributed by atoms with van der Waals surface area (Å²) >= 11 is 0. The van der Waals surface area contributed by atoms with E-state index < -0.39 is 11.7 Å². The molecule has 0 saturated heterocycles. The maximum Gasteiger partial charge on any atom is 0.416 e. The Morgan fingerprint density at radius 2 is 1.85 bits per heavy atom. The van der Waals surface area contributed by atoms with Crippen molar-refractivity contribution in [3.05, 3.63) is 58.7 Å². The molecule has 0 aliphatic carbocycles. The molecule has 0 aliphatic rings. The van der Waals surface area contributed by atoms with Gasteiger partial charge >= 0.3 is 6.18 Å². The van der Waals surface area contributed by atoms with Crippen LogP contribution in [0.1, 0.15) is 48.9 Å². The van der Waals surface area contributed by atoms with Gasteiger partial charge in [0.15, 0.2) is 0 Å². The van der Waals surface area contributed by atoms with Crippen LogP contribution in [0.2, 0.25) is 0 Å². The first-order chi connectivity index (χ1) is 12.1. The highest BCUT2D eigenvalue weighted by atomic mass is 19.4. The van der Waals surface area contributed by atoms with Gasteiger partial charge in [-0.25, -0.2) is 0 Å². The fourth-order valence-electron chi connectivity index (χ4n) is 2.82. The second-order valence-corrected chi connectivity index (χ2v) is 6.46. The minimum Gasteiger partial charge on any atom is -0.497 e. The van der Waals surface area contributed by atoms with Crippen LogP contribution in [0.15, 0.2) is 36.4 Å². The molecule has 0 heterocycles. The number of nitrogens with one attached hydrogen (secondary N) is 1. The van der Waals surface area contributed by atoms with Gasteiger partial charge in [0.2, 0.25) is 5.91 Å². The van der Waals surface area contributed by atoms with Crippen LogP contribution in [0.25, 0.3) is 0 Å². The molecule has 0 saturated carbocycles. The van der Waals surface area contributed by atoms with Crippen molar-refractivity contribution >= 4 is 11.6 Å². The maximum atomic E-state index is 13.4. The van der Waals surface area contributed by atoms with E-state index in [4.69, 9.17) is 4.74 Å². The van der Waals surface area contributed by atoms with Gasteiger partial charge in [0.05, 0.1) is 12.7 Å². The molecule has 6 heteroatoms. The SMILES string of the molecule is COc1ccc(Cc2ccc(NC(C)=O)c(C(C)C)c2)c(C(F)(F)F)c1. The monoisotopic (exact) mass is 365 g/mol. The number of anilines is 1. The molecule has 0 aliphatic heterocycles. The molecule has 0 spiro atoms. The van der Waals surface area contributed by atoms with Gasteiger partial charge in [0.25, 0.3) is 0 Å². The lowest BCUT2D eigenvalue weighted by molar-refractivity contribution is -0.138. The molecule has 26 heavy (non-hydrogen) atoms. The number of carbonyl (C=O) groups excluding carboxylic acids is 1. The highest BCUT2D eigenvalue weighted by Crippen LogP contribution is 2.36. The van der Waals surface area contributed by atoms with Crippen molar-refractivity contribution in [2.75, 3.05) is 12.4 Å². The van der Waals surface area contributed by atoms with Gasteiger partial charge in [-0.2, -0.15) is 13.2 Å². The lowest BCUT2D eigenvalue weighted by atomic mass is 9.94. The van der Waals surface area contributed by atoms with Gasteiger partial charge in [-0.1, -0.05) is 32.0 Å². The molecule has 140 valence electrons. The number of benzene rings is 2. The maximum absolute atomic E-state index is 13.4. The standard InChI is InChI=1S/C20H22F3NO2/c1-12(2)17-10-14(5-8-19(17)24-13(3)25)9-15-6-7-16(26-4)11-18(15)20(21,22)23/h5-8,10-12H,9H2,1-4H3,(H,24,25). The Balaban J connectivity index is 2.42. The summed E-state index contributed by atoms with van der Waals surface area (Å²) in [7, 11) is 1.34. The Morgan fingerprint density at radius 3 is 2.38 bits per heavy atom. The summed E-state index contributed by atoms with van der Waals surface area (Å²) in [6, 6.07) is 9.31. The first-order valence-corrected chi connectivity index (χ1v) is 8.26. The first kappa shape index (κ1) is 19.8. The molecule has 0 atom stereocenters. The van der Waals surface area contributed by atoms with Crippen molar-refractivity contribution < 1.29 is 22.7 Å². The largest absolute Gasteiger partial charge is 0.497 e. The minimum atomic E-state index is -4.46. The summed E-state index contributed by atoms with van der Waals surface area (Å²) in [5, 5.41) is 2.76. The van der Waals surface area contributed by atoms with Crippen LogP contribution in [-0.4, -0.2) is 13.0 Å². The molecule has 3 nitrogen and oxygen atoms in total. The van der Waals surface area contributed by atoms with Crippen molar-refractivity contribution in [1.82, 2.24) is 0 Å². The molecular formula is C20H22F3NO2. The molecule has 0 fully saturated rings. The number of ether oxygens (including phenoxy) is 1. The van der Waals surface area contributed by atoms with Crippen molar-refractivity contribution in [1.29, 1.82) is 0 Å². The van der Waals surface area contributed by atoms with E-state index in [0.29, 0.717) is 5.69 Å². The summed E-state index contributed by atoms with van der Waals surface area (Å²) < 4.78 is 45.1.